The van der Waals surface area contributed by atoms with Gasteiger partial charge in [0.05, 0.1) is 13.0 Å². The van der Waals surface area contributed by atoms with Gasteiger partial charge < -0.3 is 14.2 Å². The molecule has 88 valence electrons. The summed E-state index contributed by atoms with van der Waals surface area (Å²) in [6.45, 7) is 5.52. The Morgan fingerprint density at radius 2 is 2.20 bits per heavy atom. The fourth-order valence-corrected chi connectivity index (χ4v) is 1.80. The molecule has 0 aromatic carbocycles. The highest BCUT2D eigenvalue weighted by Gasteiger charge is 2.28. The van der Waals surface area contributed by atoms with Crippen molar-refractivity contribution in [3.8, 4) is 0 Å². The average molecular weight is 216 g/mol. The predicted octanol–water partition coefficient (Wildman–Crippen LogP) is 1.73. The van der Waals surface area contributed by atoms with Gasteiger partial charge in [0.25, 0.3) is 0 Å². The van der Waals surface area contributed by atoms with Gasteiger partial charge in [-0.3, -0.25) is 4.79 Å². The van der Waals surface area contributed by atoms with Crippen molar-refractivity contribution in [3.05, 3.63) is 0 Å². The Kier molecular flexibility index (Phi) is 5.65. The van der Waals surface area contributed by atoms with Crippen molar-refractivity contribution in [2.75, 3.05) is 19.8 Å². The second-order valence-electron chi connectivity index (χ2n) is 3.61. The van der Waals surface area contributed by atoms with E-state index in [1.54, 1.807) is 0 Å². The molecule has 0 amide bonds. The van der Waals surface area contributed by atoms with Crippen molar-refractivity contribution < 1.29 is 19.0 Å². The van der Waals surface area contributed by atoms with E-state index in [1.165, 1.54) is 0 Å². The fourth-order valence-electron chi connectivity index (χ4n) is 1.80. The molecule has 0 aromatic rings. The van der Waals surface area contributed by atoms with Gasteiger partial charge in [-0.25, -0.2) is 0 Å². The summed E-state index contributed by atoms with van der Waals surface area (Å²) in [5, 5.41) is 0. The molecule has 1 rings (SSSR count). The normalized spacial score (nSPS) is 26.3. The van der Waals surface area contributed by atoms with E-state index in [0.29, 0.717) is 19.6 Å². The zero-order chi connectivity index (χ0) is 11.1. The standard InChI is InChI=1S/C11H20O4/c1-3-13-10(12)8-9-6-5-7-15-11(9)14-4-2/h9,11H,3-8H2,1-2H3/t9-,11+/m0/s1. The number of hydrogen-bond acceptors (Lipinski definition) is 4. The van der Waals surface area contributed by atoms with E-state index in [4.69, 9.17) is 14.2 Å². The minimum Gasteiger partial charge on any atom is -0.466 e. The maximum atomic E-state index is 11.3. The van der Waals surface area contributed by atoms with Gasteiger partial charge in [-0.1, -0.05) is 0 Å². The highest BCUT2D eigenvalue weighted by Crippen LogP contribution is 2.25. The lowest BCUT2D eigenvalue weighted by Crippen LogP contribution is -2.33. The maximum Gasteiger partial charge on any atom is 0.306 e. The van der Waals surface area contributed by atoms with Crippen LogP contribution in [0.2, 0.25) is 0 Å². The van der Waals surface area contributed by atoms with Crippen molar-refractivity contribution in [2.45, 2.75) is 39.4 Å². The van der Waals surface area contributed by atoms with Crippen molar-refractivity contribution in [3.63, 3.8) is 0 Å². The Labute approximate surface area is 90.9 Å². The van der Waals surface area contributed by atoms with Crippen LogP contribution in [0.15, 0.2) is 0 Å². The number of hydrogen-bond donors (Lipinski definition) is 0. The van der Waals surface area contributed by atoms with Crippen LogP contribution in [-0.4, -0.2) is 32.1 Å². The zero-order valence-corrected chi connectivity index (χ0v) is 9.53. The number of ether oxygens (including phenoxy) is 3. The Morgan fingerprint density at radius 1 is 1.40 bits per heavy atom. The summed E-state index contributed by atoms with van der Waals surface area (Å²) >= 11 is 0. The number of esters is 1. The van der Waals surface area contributed by atoms with E-state index in [9.17, 15) is 4.79 Å². The van der Waals surface area contributed by atoms with Gasteiger partial charge >= 0.3 is 5.97 Å². The molecule has 1 fully saturated rings. The zero-order valence-electron chi connectivity index (χ0n) is 9.53. The molecule has 1 aliphatic rings. The minimum absolute atomic E-state index is 0.151. The van der Waals surface area contributed by atoms with Gasteiger partial charge in [0.2, 0.25) is 0 Å². The first-order valence-corrected chi connectivity index (χ1v) is 5.66. The number of carbonyl (C=O) groups is 1. The van der Waals surface area contributed by atoms with Crippen LogP contribution < -0.4 is 0 Å². The predicted molar refractivity (Wildman–Crippen MR) is 55.3 cm³/mol. The lowest BCUT2D eigenvalue weighted by molar-refractivity contribution is -0.195. The molecule has 0 aromatic heterocycles. The molecule has 0 radical (unpaired) electrons. The highest BCUT2D eigenvalue weighted by atomic mass is 16.7. The number of carbonyl (C=O) groups excluding carboxylic acids is 1. The summed E-state index contributed by atoms with van der Waals surface area (Å²) in [6, 6.07) is 0. The van der Waals surface area contributed by atoms with Crippen LogP contribution in [0.1, 0.15) is 33.1 Å². The van der Waals surface area contributed by atoms with Crippen LogP contribution in [0, 0.1) is 5.92 Å². The fraction of sp³-hybridized carbons (Fsp3) is 0.909. The van der Waals surface area contributed by atoms with E-state index in [1.807, 2.05) is 13.8 Å². The average Bonchev–Trinajstić information content (AvgIpc) is 2.21. The Bertz CT molecular complexity index is 191. The van der Waals surface area contributed by atoms with Crippen LogP contribution in [0.4, 0.5) is 0 Å². The quantitative estimate of drug-likeness (QED) is 0.656. The molecule has 1 saturated heterocycles. The van der Waals surface area contributed by atoms with Crippen molar-refractivity contribution in [1.29, 1.82) is 0 Å². The number of rotatable bonds is 5. The molecule has 0 aliphatic carbocycles. The van der Waals surface area contributed by atoms with Crippen molar-refractivity contribution >= 4 is 5.97 Å². The largest absolute Gasteiger partial charge is 0.466 e. The maximum absolute atomic E-state index is 11.3. The topological polar surface area (TPSA) is 44.8 Å². The third-order valence-electron chi connectivity index (χ3n) is 2.45. The van der Waals surface area contributed by atoms with E-state index >= 15 is 0 Å². The van der Waals surface area contributed by atoms with Crippen molar-refractivity contribution in [2.24, 2.45) is 5.92 Å². The lowest BCUT2D eigenvalue weighted by Gasteiger charge is -2.30. The molecular weight excluding hydrogens is 196 g/mol. The summed E-state index contributed by atoms with van der Waals surface area (Å²) in [7, 11) is 0. The first kappa shape index (κ1) is 12.5. The molecule has 1 aliphatic heterocycles. The molecule has 0 bridgehead atoms. The Morgan fingerprint density at radius 3 is 2.87 bits per heavy atom. The second-order valence-corrected chi connectivity index (χ2v) is 3.61. The molecule has 15 heavy (non-hydrogen) atoms. The molecule has 0 spiro atoms. The van der Waals surface area contributed by atoms with Crippen molar-refractivity contribution in [1.82, 2.24) is 0 Å². The minimum atomic E-state index is -0.229. The third kappa shape index (κ3) is 4.18. The molecule has 0 N–H and O–H groups in total. The smallest absolute Gasteiger partial charge is 0.306 e. The molecule has 4 heteroatoms. The van der Waals surface area contributed by atoms with Crippen LogP contribution in [0.5, 0.6) is 0 Å². The van der Waals surface area contributed by atoms with E-state index in [2.05, 4.69) is 0 Å². The Hall–Kier alpha value is -0.610. The first-order chi connectivity index (χ1) is 7.27. The summed E-state index contributed by atoms with van der Waals surface area (Å²) in [5.41, 5.74) is 0. The van der Waals surface area contributed by atoms with Gasteiger partial charge in [-0.15, -0.1) is 0 Å². The lowest BCUT2D eigenvalue weighted by atomic mass is 9.97. The van der Waals surface area contributed by atoms with E-state index < -0.39 is 0 Å². The molecular formula is C11H20O4. The van der Waals surface area contributed by atoms with Crippen LogP contribution in [-0.2, 0) is 19.0 Å². The molecule has 4 nitrogen and oxygen atoms in total. The monoisotopic (exact) mass is 216 g/mol. The second kappa shape index (κ2) is 6.80. The van der Waals surface area contributed by atoms with E-state index in [-0.39, 0.29) is 18.2 Å². The molecule has 0 saturated carbocycles. The molecule has 1 heterocycles. The Balaban J connectivity index is 2.38. The summed E-state index contributed by atoms with van der Waals surface area (Å²) in [5.74, 6) is -0.00421. The first-order valence-electron chi connectivity index (χ1n) is 5.66. The summed E-state index contributed by atoms with van der Waals surface area (Å²) in [4.78, 5) is 11.3. The van der Waals surface area contributed by atoms with E-state index in [0.717, 1.165) is 19.4 Å². The van der Waals surface area contributed by atoms with Gasteiger partial charge in [0, 0.05) is 19.1 Å². The highest BCUT2D eigenvalue weighted by molar-refractivity contribution is 5.69. The molecule has 0 unspecified atom stereocenters. The van der Waals surface area contributed by atoms with Gasteiger partial charge in [-0.05, 0) is 26.7 Å². The van der Waals surface area contributed by atoms with Gasteiger partial charge in [-0.2, -0.15) is 0 Å². The van der Waals surface area contributed by atoms with Gasteiger partial charge in [0.1, 0.15) is 0 Å². The van der Waals surface area contributed by atoms with Crippen LogP contribution in [0.3, 0.4) is 0 Å². The van der Waals surface area contributed by atoms with Crippen LogP contribution in [0.25, 0.3) is 0 Å². The molecule has 2 atom stereocenters. The third-order valence-corrected chi connectivity index (χ3v) is 2.45. The SMILES string of the molecule is CCOC(=O)C[C@@H]1CCCO[C@H]1OCC. The summed E-state index contributed by atoms with van der Waals surface area (Å²) < 4.78 is 15.8. The van der Waals surface area contributed by atoms with Crippen LogP contribution >= 0.6 is 0 Å². The summed E-state index contributed by atoms with van der Waals surface area (Å²) in [6.07, 6.45) is 2.14. The van der Waals surface area contributed by atoms with Gasteiger partial charge in [0.15, 0.2) is 6.29 Å².